The Bertz CT molecular complexity index is 566. The molecule has 1 aromatic carbocycles. The molecule has 0 amide bonds. The van der Waals surface area contributed by atoms with Crippen LogP contribution in [0.5, 0.6) is 0 Å². The Labute approximate surface area is 108 Å². The second-order valence-electron chi connectivity index (χ2n) is 5.86. The summed E-state index contributed by atoms with van der Waals surface area (Å²) < 4.78 is 13.7. The van der Waals surface area contributed by atoms with E-state index in [1.807, 2.05) is 0 Å². The standard InChI is InChI=1S/C14H18BNO2/c1-14(2)9-17-15(18-10-14)12-4-5-13-11(8-12)6-7-16(13)3/h4-8H,9-10H2,1-3H3. The average Bonchev–Trinajstić information content (AvgIpc) is 2.71. The normalized spacial score (nSPS) is 19.4. The number of hydrogen-bond acceptors (Lipinski definition) is 2. The Morgan fingerprint density at radius 2 is 1.89 bits per heavy atom. The van der Waals surface area contributed by atoms with Gasteiger partial charge in [0.1, 0.15) is 0 Å². The number of aromatic nitrogens is 1. The van der Waals surface area contributed by atoms with E-state index in [0.29, 0.717) is 0 Å². The lowest BCUT2D eigenvalue weighted by Crippen LogP contribution is -2.47. The highest BCUT2D eigenvalue weighted by Crippen LogP contribution is 2.22. The molecule has 18 heavy (non-hydrogen) atoms. The largest absolute Gasteiger partial charge is 0.493 e. The van der Waals surface area contributed by atoms with Gasteiger partial charge >= 0.3 is 7.12 Å². The third-order valence-corrected chi connectivity index (χ3v) is 3.43. The van der Waals surface area contributed by atoms with Gasteiger partial charge in [-0.2, -0.15) is 0 Å². The first-order chi connectivity index (χ1) is 8.55. The van der Waals surface area contributed by atoms with Crippen LogP contribution in [0.4, 0.5) is 0 Å². The van der Waals surface area contributed by atoms with Crippen molar-refractivity contribution in [2.75, 3.05) is 13.2 Å². The van der Waals surface area contributed by atoms with E-state index in [1.54, 1.807) is 0 Å². The van der Waals surface area contributed by atoms with Crippen molar-refractivity contribution in [2.24, 2.45) is 12.5 Å². The van der Waals surface area contributed by atoms with Crippen LogP contribution in [0.25, 0.3) is 10.9 Å². The predicted molar refractivity (Wildman–Crippen MR) is 74.0 cm³/mol. The lowest BCUT2D eigenvalue weighted by atomic mass is 9.75. The van der Waals surface area contributed by atoms with E-state index < -0.39 is 0 Å². The number of hydrogen-bond donors (Lipinski definition) is 0. The maximum Gasteiger partial charge on any atom is 0.493 e. The molecule has 4 heteroatoms. The van der Waals surface area contributed by atoms with Crippen molar-refractivity contribution in [2.45, 2.75) is 13.8 Å². The van der Waals surface area contributed by atoms with Crippen molar-refractivity contribution in [3.8, 4) is 0 Å². The molecule has 1 aromatic heterocycles. The van der Waals surface area contributed by atoms with Crippen LogP contribution >= 0.6 is 0 Å². The summed E-state index contributed by atoms with van der Waals surface area (Å²) in [6.07, 6.45) is 2.07. The van der Waals surface area contributed by atoms with Crippen molar-refractivity contribution in [1.82, 2.24) is 4.57 Å². The molecule has 0 spiro atoms. The van der Waals surface area contributed by atoms with Gasteiger partial charge < -0.3 is 13.9 Å². The lowest BCUT2D eigenvalue weighted by Gasteiger charge is -2.33. The highest BCUT2D eigenvalue weighted by molar-refractivity contribution is 6.61. The van der Waals surface area contributed by atoms with Crippen LogP contribution in [0.1, 0.15) is 13.8 Å². The van der Waals surface area contributed by atoms with Crippen molar-refractivity contribution in [3.05, 3.63) is 30.5 Å². The zero-order valence-electron chi connectivity index (χ0n) is 11.1. The molecule has 1 aliphatic rings. The first-order valence-electron chi connectivity index (χ1n) is 6.33. The summed E-state index contributed by atoms with van der Waals surface area (Å²) in [6.45, 7) is 5.79. The van der Waals surface area contributed by atoms with Gasteiger partial charge in [-0.25, -0.2) is 0 Å². The number of nitrogens with zero attached hydrogens (tertiary/aromatic N) is 1. The van der Waals surface area contributed by atoms with E-state index in [2.05, 4.69) is 55.9 Å². The zero-order valence-corrected chi connectivity index (χ0v) is 11.1. The van der Waals surface area contributed by atoms with Crippen molar-refractivity contribution in [3.63, 3.8) is 0 Å². The summed E-state index contributed by atoms with van der Waals surface area (Å²) in [6, 6.07) is 8.48. The van der Waals surface area contributed by atoms with Crippen LogP contribution in [0, 0.1) is 5.41 Å². The molecule has 1 fully saturated rings. The van der Waals surface area contributed by atoms with Gasteiger partial charge in [0, 0.05) is 37.4 Å². The Balaban J connectivity index is 1.87. The molecule has 0 bridgehead atoms. The van der Waals surface area contributed by atoms with Gasteiger partial charge in [-0.15, -0.1) is 0 Å². The van der Waals surface area contributed by atoms with E-state index >= 15 is 0 Å². The lowest BCUT2D eigenvalue weighted by molar-refractivity contribution is 0.0343. The molecule has 2 aromatic rings. The summed E-state index contributed by atoms with van der Waals surface area (Å²) >= 11 is 0. The molecule has 0 radical (unpaired) electrons. The van der Waals surface area contributed by atoms with Crippen LogP contribution in [-0.2, 0) is 16.4 Å². The quantitative estimate of drug-likeness (QED) is 0.714. The molecule has 0 N–H and O–H groups in total. The smallest absolute Gasteiger partial charge is 0.407 e. The van der Waals surface area contributed by atoms with E-state index in [9.17, 15) is 0 Å². The first-order valence-corrected chi connectivity index (χ1v) is 6.33. The van der Waals surface area contributed by atoms with Crippen LogP contribution in [0.3, 0.4) is 0 Å². The summed E-state index contributed by atoms with van der Waals surface area (Å²) in [5, 5.41) is 1.23. The maximum atomic E-state index is 5.81. The summed E-state index contributed by atoms with van der Waals surface area (Å²) in [5.74, 6) is 0. The molecule has 0 unspecified atom stereocenters. The number of fused-ring (bicyclic) bond motifs is 1. The van der Waals surface area contributed by atoms with Gasteiger partial charge in [0.05, 0.1) is 0 Å². The van der Waals surface area contributed by atoms with Crippen molar-refractivity contribution in [1.29, 1.82) is 0 Å². The molecule has 0 saturated carbocycles. The Morgan fingerprint density at radius 3 is 2.61 bits per heavy atom. The highest BCUT2D eigenvalue weighted by Gasteiger charge is 2.33. The van der Waals surface area contributed by atoms with Gasteiger partial charge in [-0.05, 0) is 23.0 Å². The van der Waals surface area contributed by atoms with E-state index in [0.717, 1.165) is 18.7 Å². The van der Waals surface area contributed by atoms with Crippen LogP contribution < -0.4 is 5.46 Å². The number of aryl methyl sites for hydroxylation is 1. The third kappa shape index (κ3) is 2.06. The summed E-state index contributed by atoms with van der Waals surface area (Å²) in [5.41, 5.74) is 2.45. The van der Waals surface area contributed by atoms with E-state index in [1.165, 1.54) is 10.9 Å². The Morgan fingerprint density at radius 1 is 1.17 bits per heavy atom. The van der Waals surface area contributed by atoms with Crippen molar-refractivity contribution < 1.29 is 9.31 Å². The average molecular weight is 243 g/mol. The second-order valence-corrected chi connectivity index (χ2v) is 5.86. The second kappa shape index (κ2) is 4.14. The number of rotatable bonds is 1. The zero-order chi connectivity index (χ0) is 12.8. The van der Waals surface area contributed by atoms with Gasteiger partial charge in [0.2, 0.25) is 0 Å². The Hall–Kier alpha value is -1.26. The van der Waals surface area contributed by atoms with Gasteiger partial charge in [-0.3, -0.25) is 0 Å². The summed E-state index contributed by atoms with van der Waals surface area (Å²) in [4.78, 5) is 0. The molecular weight excluding hydrogens is 225 g/mol. The van der Waals surface area contributed by atoms with E-state index in [4.69, 9.17) is 9.31 Å². The molecule has 0 atom stereocenters. The highest BCUT2D eigenvalue weighted by atomic mass is 16.6. The Kier molecular flexibility index (Phi) is 2.72. The third-order valence-electron chi connectivity index (χ3n) is 3.43. The molecule has 3 rings (SSSR count). The predicted octanol–water partition coefficient (Wildman–Crippen LogP) is 1.95. The topological polar surface area (TPSA) is 23.4 Å². The van der Waals surface area contributed by atoms with Gasteiger partial charge in [0.15, 0.2) is 0 Å². The molecular formula is C14H18BNO2. The summed E-state index contributed by atoms with van der Waals surface area (Å²) in [7, 11) is 1.83. The molecule has 2 heterocycles. The fraction of sp³-hybridized carbons (Fsp3) is 0.429. The molecule has 3 nitrogen and oxygen atoms in total. The minimum atomic E-state index is -0.220. The van der Waals surface area contributed by atoms with Crippen LogP contribution in [-0.4, -0.2) is 24.9 Å². The van der Waals surface area contributed by atoms with Gasteiger partial charge in [0.25, 0.3) is 0 Å². The minimum absolute atomic E-state index is 0.118. The monoisotopic (exact) mass is 243 g/mol. The van der Waals surface area contributed by atoms with Crippen molar-refractivity contribution >= 4 is 23.5 Å². The fourth-order valence-corrected chi connectivity index (χ4v) is 2.33. The molecule has 1 saturated heterocycles. The molecule has 94 valence electrons. The van der Waals surface area contributed by atoms with Crippen LogP contribution in [0.2, 0.25) is 0 Å². The fourth-order valence-electron chi connectivity index (χ4n) is 2.33. The first kappa shape index (κ1) is 11.8. The van der Waals surface area contributed by atoms with Crippen LogP contribution in [0.15, 0.2) is 30.5 Å². The molecule has 1 aliphatic heterocycles. The SMILES string of the molecule is Cn1ccc2cc(B3OCC(C)(C)CO3)ccc21. The maximum absolute atomic E-state index is 5.81. The van der Waals surface area contributed by atoms with Gasteiger partial charge in [-0.1, -0.05) is 26.0 Å². The van der Waals surface area contributed by atoms with E-state index in [-0.39, 0.29) is 12.5 Å². The number of benzene rings is 1. The minimum Gasteiger partial charge on any atom is -0.407 e. The molecule has 0 aliphatic carbocycles.